The molecule has 1 aromatic heterocycles. The van der Waals surface area contributed by atoms with E-state index in [0.29, 0.717) is 11.1 Å². The van der Waals surface area contributed by atoms with Gasteiger partial charge in [-0.1, -0.05) is 19.8 Å². The molecule has 98 valence electrons. The first kappa shape index (κ1) is 12.9. The first-order valence-corrected chi connectivity index (χ1v) is 6.59. The van der Waals surface area contributed by atoms with Crippen LogP contribution in [0, 0.1) is 5.41 Å². The van der Waals surface area contributed by atoms with Gasteiger partial charge in [-0.3, -0.25) is 0 Å². The first-order chi connectivity index (χ1) is 8.67. The van der Waals surface area contributed by atoms with E-state index in [1.54, 1.807) is 12.1 Å². The zero-order valence-corrected chi connectivity index (χ0v) is 10.8. The van der Waals surface area contributed by atoms with Crippen LogP contribution in [-0.4, -0.2) is 22.6 Å². The average Bonchev–Trinajstić information content (AvgIpc) is 2.86. The average molecular weight is 248 g/mol. The monoisotopic (exact) mass is 248 g/mol. The fraction of sp³-hybridized carbons (Fsp3) is 0.571. The molecule has 2 rings (SSSR count). The molecule has 0 saturated heterocycles. The van der Waals surface area contributed by atoms with Crippen molar-refractivity contribution in [1.29, 1.82) is 0 Å². The van der Waals surface area contributed by atoms with Crippen LogP contribution in [0.15, 0.2) is 18.3 Å². The molecule has 0 aliphatic heterocycles. The Hall–Kier alpha value is -1.58. The minimum Gasteiger partial charge on any atom is -0.476 e. The summed E-state index contributed by atoms with van der Waals surface area (Å²) in [6, 6.07) is 3.55. The lowest BCUT2D eigenvalue weighted by molar-refractivity contribution is 0.0691. The van der Waals surface area contributed by atoms with Crippen molar-refractivity contribution in [2.24, 2.45) is 5.41 Å². The number of rotatable bonds is 5. The predicted octanol–water partition coefficient (Wildman–Crippen LogP) is 3.16. The van der Waals surface area contributed by atoms with Crippen molar-refractivity contribution >= 4 is 11.7 Å². The minimum absolute atomic E-state index is 0.113. The number of nitrogens with one attached hydrogen (secondary N) is 1. The van der Waals surface area contributed by atoms with Crippen molar-refractivity contribution < 1.29 is 9.90 Å². The third-order valence-corrected chi connectivity index (χ3v) is 4.08. The van der Waals surface area contributed by atoms with Gasteiger partial charge in [-0.15, -0.1) is 0 Å². The molecule has 0 bridgehead atoms. The molecule has 1 saturated carbocycles. The SMILES string of the molecule is CCC1(CNc2cccnc2C(=O)O)CCCC1. The van der Waals surface area contributed by atoms with Crippen molar-refractivity contribution in [3.63, 3.8) is 0 Å². The second-order valence-electron chi connectivity index (χ2n) is 5.12. The fourth-order valence-corrected chi connectivity index (χ4v) is 2.78. The fourth-order valence-electron chi connectivity index (χ4n) is 2.78. The molecule has 1 aliphatic carbocycles. The maximum Gasteiger partial charge on any atom is 0.356 e. The Morgan fingerprint density at radius 1 is 1.50 bits per heavy atom. The number of hydrogen-bond donors (Lipinski definition) is 2. The normalized spacial score (nSPS) is 17.6. The van der Waals surface area contributed by atoms with E-state index in [2.05, 4.69) is 17.2 Å². The summed E-state index contributed by atoms with van der Waals surface area (Å²) in [5.41, 5.74) is 1.08. The standard InChI is InChI=1S/C14H20N2O2/c1-2-14(7-3-4-8-14)10-16-11-6-5-9-15-12(11)13(17)18/h5-6,9,16H,2-4,7-8,10H2,1H3,(H,17,18). The summed E-state index contributed by atoms with van der Waals surface area (Å²) in [7, 11) is 0. The second kappa shape index (κ2) is 5.38. The molecule has 0 aromatic carbocycles. The van der Waals surface area contributed by atoms with Gasteiger partial charge in [0.15, 0.2) is 5.69 Å². The van der Waals surface area contributed by atoms with Crippen molar-refractivity contribution in [2.75, 3.05) is 11.9 Å². The lowest BCUT2D eigenvalue weighted by atomic mass is 9.83. The molecular formula is C14H20N2O2. The molecule has 1 fully saturated rings. The lowest BCUT2D eigenvalue weighted by Gasteiger charge is -2.28. The maximum absolute atomic E-state index is 11.1. The van der Waals surface area contributed by atoms with Gasteiger partial charge in [0.25, 0.3) is 0 Å². The van der Waals surface area contributed by atoms with Gasteiger partial charge in [0.1, 0.15) is 0 Å². The number of aromatic carboxylic acids is 1. The van der Waals surface area contributed by atoms with Crippen LogP contribution in [0.3, 0.4) is 0 Å². The van der Waals surface area contributed by atoms with Gasteiger partial charge < -0.3 is 10.4 Å². The molecule has 1 heterocycles. The van der Waals surface area contributed by atoms with E-state index in [1.165, 1.54) is 31.9 Å². The third kappa shape index (κ3) is 2.63. The zero-order valence-electron chi connectivity index (χ0n) is 10.8. The minimum atomic E-state index is -0.977. The largest absolute Gasteiger partial charge is 0.476 e. The highest BCUT2D eigenvalue weighted by molar-refractivity contribution is 5.91. The Kier molecular flexibility index (Phi) is 3.84. The van der Waals surface area contributed by atoms with Crippen LogP contribution in [0.5, 0.6) is 0 Å². The molecule has 0 atom stereocenters. The van der Waals surface area contributed by atoms with Crippen molar-refractivity contribution in [1.82, 2.24) is 4.98 Å². The number of nitrogens with zero attached hydrogens (tertiary/aromatic N) is 1. The van der Waals surface area contributed by atoms with Crippen molar-refractivity contribution in [2.45, 2.75) is 39.0 Å². The van der Waals surface area contributed by atoms with Gasteiger partial charge in [0.05, 0.1) is 5.69 Å². The highest BCUT2D eigenvalue weighted by Gasteiger charge is 2.31. The van der Waals surface area contributed by atoms with Gasteiger partial charge >= 0.3 is 5.97 Å². The number of aromatic nitrogens is 1. The molecule has 1 aliphatic rings. The summed E-state index contributed by atoms with van der Waals surface area (Å²) in [5.74, 6) is -0.977. The number of carbonyl (C=O) groups is 1. The molecule has 0 amide bonds. The topological polar surface area (TPSA) is 62.2 Å². The molecule has 18 heavy (non-hydrogen) atoms. The van der Waals surface area contributed by atoms with Crippen molar-refractivity contribution in [3.05, 3.63) is 24.0 Å². The van der Waals surface area contributed by atoms with Crippen LogP contribution in [0.2, 0.25) is 0 Å². The number of anilines is 1. The van der Waals surface area contributed by atoms with Crippen LogP contribution in [0.25, 0.3) is 0 Å². The Balaban J connectivity index is 2.08. The summed E-state index contributed by atoms with van der Waals surface area (Å²) in [6.45, 7) is 3.06. The van der Waals surface area contributed by atoms with Gasteiger partial charge in [0, 0.05) is 12.7 Å². The highest BCUT2D eigenvalue weighted by Crippen LogP contribution is 2.41. The molecular weight excluding hydrogens is 228 g/mol. The van der Waals surface area contributed by atoms with Crippen LogP contribution in [-0.2, 0) is 0 Å². The van der Waals surface area contributed by atoms with Crippen molar-refractivity contribution in [3.8, 4) is 0 Å². The summed E-state index contributed by atoms with van der Waals surface area (Å²) >= 11 is 0. The Labute approximate surface area is 107 Å². The van der Waals surface area contributed by atoms with E-state index in [-0.39, 0.29) is 5.69 Å². The van der Waals surface area contributed by atoms with E-state index < -0.39 is 5.97 Å². The third-order valence-electron chi connectivity index (χ3n) is 4.08. The Bertz CT molecular complexity index is 426. The molecule has 0 unspecified atom stereocenters. The van der Waals surface area contributed by atoms with E-state index in [4.69, 9.17) is 5.11 Å². The Morgan fingerprint density at radius 2 is 2.22 bits per heavy atom. The molecule has 1 aromatic rings. The van der Waals surface area contributed by atoms with Crippen LogP contribution in [0.1, 0.15) is 49.5 Å². The first-order valence-electron chi connectivity index (χ1n) is 6.59. The quantitative estimate of drug-likeness (QED) is 0.840. The number of pyridine rings is 1. The lowest BCUT2D eigenvalue weighted by Crippen LogP contribution is -2.26. The van der Waals surface area contributed by atoms with Gasteiger partial charge in [0.2, 0.25) is 0 Å². The molecule has 0 radical (unpaired) electrons. The number of carboxylic acid groups (broad SMARTS) is 1. The molecule has 2 N–H and O–H groups in total. The Morgan fingerprint density at radius 3 is 2.83 bits per heavy atom. The summed E-state index contributed by atoms with van der Waals surface area (Å²) in [5, 5.41) is 12.4. The predicted molar refractivity (Wildman–Crippen MR) is 70.9 cm³/mol. The highest BCUT2D eigenvalue weighted by atomic mass is 16.4. The van der Waals surface area contributed by atoms with Gasteiger partial charge in [-0.05, 0) is 36.8 Å². The second-order valence-corrected chi connectivity index (χ2v) is 5.12. The van der Waals surface area contributed by atoms with Crippen LogP contribution >= 0.6 is 0 Å². The number of hydrogen-bond acceptors (Lipinski definition) is 3. The van der Waals surface area contributed by atoms with Gasteiger partial charge in [-0.2, -0.15) is 0 Å². The molecule has 4 nitrogen and oxygen atoms in total. The smallest absolute Gasteiger partial charge is 0.356 e. The number of carboxylic acids is 1. The van der Waals surface area contributed by atoms with E-state index in [1.807, 2.05) is 0 Å². The summed E-state index contributed by atoms with van der Waals surface area (Å²) in [6.07, 6.45) is 7.70. The molecule has 0 spiro atoms. The zero-order chi connectivity index (χ0) is 13.0. The van der Waals surface area contributed by atoms with Crippen LogP contribution < -0.4 is 5.32 Å². The van der Waals surface area contributed by atoms with Crippen LogP contribution in [0.4, 0.5) is 5.69 Å². The molecule has 4 heteroatoms. The summed E-state index contributed by atoms with van der Waals surface area (Å²) < 4.78 is 0. The maximum atomic E-state index is 11.1. The van der Waals surface area contributed by atoms with E-state index in [0.717, 1.165) is 13.0 Å². The van der Waals surface area contributed by atoms with Gasteiger partial charge in [-0.25, -0.2) is 9.78 Å². The van der Waals surface area contributed by atoms with E-state index >= 15 is 0 Å². The summed E-state index contributed by atoms with van der Waals surface area (Å²) in [4.78, 5) is 15.0. The van der Waals surface area contributed by atoms with E-state index in [9.17, 15) is 4.79 Å².